The maximum atomic E-state index is 13.0. The third-order valence-electron chi connectivity index (χ3n) is 5.70. The zero-order chi connectivity index (χ0) is 21.1. The van der Waals surface area contributed by atoms with Crippen molar-refractivity contribution in [3.63, 3.8) is 0 Å². The second-order valence-corrected chi connectivity index (χ2v) is 9.29. The SMILES string of the molecule is Cc1cccc(/C=C2/SC3CCC(C(=O)NCc4ccc(F)cc4)CC3NC2=O)c1. The molecular formula is C24H25FN2O2S. The van der Waals surface area contributed by atoms with Crippen LogP contribution in [0.5, 0.6) is 0 Å². The van der Waals surface area contributed by atoms with Gasteiger partial charge in [0.25, 0.3) is 5.91 Å². The maximum Gasteiger partial charge on any atom is 0.257 e. The average molecular weight is 425 g/mol. The highest BCUT2D eigenvalue weighted by atomic mass is 32.2. The Labute approximate surface area is 180 Å². The van der Waals surface area contributed by atoms with Gasteiger partial charge in [-0.25, -0.2) is 4.39 Å². The van der Waals surface area contributed by atoms with Crippen molar-refractivity contribution in [3.8, 4) is 0 Å². The monoisotopic (exact) mass is 424 g/mol. The van der Waals surface area contributed by atoms with Gasteiger partial charge in [-0.05, 0) is 55.5 Å². The lowest BCUT2D eigenvalue weighted by Gasteiger charge is -2.39. The molecule has 2 amide bonds. The molecule has 0 aromatic heterocycles. The van der Waals surface area contributed by atoms with E-state index in [2.05, 4.69) is 16.7 Å². The van der Waals surface area contributed by atoms with Crippen LogP contribution in [0.25, 0.3) is 6.08 Å². The molecular weight excluding hydrogens is 399 g/mol. The predicted molar refractivity (Wildman–Crippen MR) is 118 cm³/mol. The fourth-order valence-electron chi connectivity index (χ4n) is 4.08. The normalized spacial score (nSPS) is 24.8. The second-order valence-electron chi connectivity index (χ2n) is 8.01. The number of carbonyl (C=O) groups excluding carboxylic acids is 2. The van der Waals surface area contributed by atoms with Gasteiger partial charge in [0.1, 0.15) is 5.82 Å². The van der Waals surface area contributed by atoms with E-state index in [1.165, 1.54) is 12.1 Å². The summed E-state index contributed by atoms with van der Waals surface area (Å²) in [5, 5.41) is 6.36. The zero-order valence-corrected chi connectivity index (χ0v) is 17.7. The van der Waals surface area contributed by atoms with Crippen molar-refractivity contribution in [3.05, 3.63) is 75.9 Å². The van der Waals surface area contributed by atoms with Crippen LogP contribution in [0.2, 0.25) is 0 Å². The molecule has 2 aliphatic rings. The number of nitrogens with one attached hydrogen (secondary N) is 2. The summed E-state index contributed by atoms with van der Waals surface area (Å²) >= 11 is 1.63. The largest absolute Gasteiger partial charge is 0.352 e. The molecule has 30 heavy (non-hydrogen) atoms. The van der Waals surface area contributed by atoms with E-state index in [4.69, 9.17) is 0 Å². The number of carbonyl (C=O) groups is 2. The van der Waals surface area contributed by atoms with Crippen LogP contribution in [-0.4, -0.2) is 23.1 Å². The summed E-state index contributed by atoms with van der Waals surface area (Å²) in [5.41, 5.74) is 3.06. The van der Waals surface area contributed by atoms with Crippen molar-refractivity contribution >= 4 is 29.7 Å². The Morgan fingerprint density at radius 3 is 2.80 bits per heavy atom. The lowest BCUT2D eigenvalue weighted by Crippen LogP contribution is -2.51. The summed E-state index contributed by atoms with van der Waals surface area (Å²) in [6.07, 6.45) is 4.29. The van der Waals surface area contributed by atoms with Crippen molar-refractivity contribution < 1.29 is 14.0 Å². The standard InChI is InChI=1S/C24H25FN2O2S/c1-15-3-2-4-17(11-15)12-22-24(29)27-20-13-18(7-10-21(20)30-22)23(28)26-14-16-5-8-19(25)9-6-16/h2-6,8-9,11-12,18,20-21H,7,10,13-14H2,1H3,(H,26,28)(H,27,29)/b22-12+. The van der Waals surface area contributed by atoms with Crippen LogP contribution in [0.4, 0.5) is 4.39 Å². The number of hydrogen-bond acceptors (Lipinski definition) is 3. The summed E-state index contributed by atoms with van der Waals surface area (Å²) in [4.78, 5) is 26.0. The molecule has 0 bridgehead atoms. The molecule has 2 N–H and O–H groups in total. The molecule has 156 valence electrons. The van der Waals surface area contributed by atoms with Crippen molar-refractivity contribution in [1.29, 1.82) is 0 Å². The highest BCUT2D eigenvalue weighted by Gasteiger charge is 2.39. The van der Waals surface area contributed by atoms with E-state index < -0.39 is 0 Å². The van der Waals surface area contributed by atoms with Crippen molar-refractivity contribution in [2.45, 2.75) is 44.0 Å². The molecule has 1 aliphatic heterocycles. The summed E-state index contributed by atoms with van der Waals surface area (Å²) in [5.74, 6) is -0.465. The smallest absolute Gasteiger partial charge is 0.257 e. The van der Waals surface area contributed by atoms with Crippen LogP contribution in [0.1, 0.15) is 36.0 Å². The minimum absolute atomic E-state index is 0.00174. The molecule has 2 aromatic carbocycles. The molecule has 3 unspecified atom stereocenters. The Morgan fingerprint density at radius 2 is 2.03 bits per heavy atom. The molecule has 4 nitrogen and oxygen atoms in total. The Balaban J connectivity index is 1.34. The molecule has 1 aliphatic carbocycles. The lowest BCUT2D eigenvalue weighted by molar-refractivity contribution is -0.127. The molecule has 1 saturated carbocycles. The lowest BCUT2D eigenvalue weighted by atomic mass is 9.84. The van der Waals surface area contributed by atoms with Gasteiger partial charge in [0, 0.05) is 23.8 Å². The second kappa shape index (κ2) is 9.04. The minimum atomic E-state index is -0.287. The Hall–Kier alpha value is -2.60. The van der Waals surface area contributed by atoms with E-state index in [1.54, 1.807) is 23.9 Å². The van der Waals surface area contributed by atoms with Crippen molar-refractivity contribution in [2.24, 2.45) is 5.92 Å². The first-order valence-electron chi connectivity index (χ1n) is 10.3. The number of thioether (sulfide) groups is 1. The van der Waals surface area contributed by atoms with E-state index in [1.807, 2.05) is 31.2 Å². The first-order valence-corrected chi connectivity index (χ1v) is 11.1. The van der Waals surface area contributed by atoms with Crippen molar-refractivity contribution in [1.82, 2.24) is 10.6 Å². The van der Waals surface area contributed by atoms with Gasteiger partial charge in [-0.1, -0.05) is 42.0 Å². The zero-order valence-electron chi connectivity index (χ0n) is 16.9. The minimum Gasteiger partial charge on any atom is -0.352 e. The molecule has 6 heteroatoms. The Kier molecular flexibility index (Phi) is 6.23. The summed E-state index contributed by atoms with van der Waals surface area (Å²) in [7, 11) is 0. The number of halogens is 1. The highest BCUT2D eigenvalue weighted by Crippen LogP contribution is 2.40. The van der Waals surface area contributed by atoms with Gasteiger partial charge < -0.3 is 10.6 Å². The first-order chi connectivity index (χ1) is 14.5. The summed E-state index contributed by atoms with van der Waals surface area (Å²) < 4.78 is 13.0. The molecule has 1 saturated heterocycles. The van der Waals surface area contributed by atoms with Gasteiger partial charge >= 0.3 is 0 Å². The van der Waals surface area contributed by atoms with E-state index >= 15 is 0 Å². The first kappa shape index (κ1) is 20.7. The van der Waals surface area contributed by atoms with Gasteiger partial charge in [0.15, 0.2) is 0 Å². The quantitative estimate of drug-likeness (QED) is 0.724. The molecule has 2 aromatic rings. The fraction of sp³-hybridized carbons (Fsp3) is 0.333. The number of rotatable bonds is 4. The Morgan fingerprint density at radius 1 is 1.23 bits per heavy atom. The molecule has 1 heterocycles. The van der Waals surface area contributed by atoms with E-state index in [0.717, 1.165) is 34.4 Å². The third kappa shape index (κ3) is 4.93. The van der Waals surface area contributed by atoms with Gasteiger partial charge in [0.05, 0.1) is 4.91 Å². The predicted octanol–water partition coefficient (Wildman–Crippen LogP) is 4.19. The van der Waals surface area contributed by atoms with Gasteiger partial charge in [-0.2, -0.15) is 0 Å². The van der Waals surface area contributed by atoms with Crippen LogP contribution in [-0.2, 0) is 16.1 Å². The van der Waals surface area contributed by atoms with E-state index in [0.29, 0.717) is 18.2 Å². The van der Waals surface area contributed by atoms with Crippen molar-refractivity contribution in [2.75, 3.05) is 0 Å². The summed E-state index contributed by atoms with van der Waals surface area (Å²) in [6, 6.07) is 14.2. The third-order valence-corrected chi connectivity index (χ3v) is 7.12. The van der Waals surface area contributed by atoms with Crippen LogP contribution < -0.4 is 10.6 Å². The number of fused-ring (bicyclic) bond motifs is 1. The van der Waals surface area contributed by atoms with E-state index in [9.17, 15) is 14.0 Å². The molecule has 4 rings (SSSR count). The van der Waals surface area contributed by atoms with Crippen LogP contribution in [0, 0.1) is 18.7 Å². The molecule has 0 spiro atoms. The van der Waals surface area contributed by atoms with Crippen LogP contribution in [0.3, 0.4) is 0 Å². The van der Waals surface area contributed by atoms with Crippen LogP contribution in [0.15, 0.2) is 53.4 Å². The summed E-state index contributed by atoms with van der Waals surface area (Å²) in [6.45, 7) is 2.42. The number of benzene rings is 2. The number of amides is 2. The van der Waals surface area contributed by atoms with Gasteiger partial charge in [-0.3, -0.25) is 9.59 Å². The van der Waals surface area contributed by atoms with Crippen LogP contribution >= 0.6 is 11.8 Å². The average Bonchev–Trinajstić information content (AvgIpc) is 2.73. The number of hydrogen-bond donors (Lipinski definition) is 2. The fourth-order valence-corrected chi connectivity index (χ4v) is 5.37. The Bertz CT molecular complexity index is 973. The number of aryl methyl sites for hydroxylation is 1. The molecule has 2 fully saturated rings. The van der Waals surface area contributed by atoms with Gasteiger partial charge in [0.2, 0.25) is 5.91 Å². The maximum absolute atomic E-state index is 13.0. The highest BCUT2D eigenvalue weighted by molar-refractivity contribution is 8.04. The topological polar surface area (TPSA) is 58.2 Å². The van der Waals surface area contributed by atoms with E-state index in [-0.39, 0.29) is 29.6 Å². The molecule has 3 atom stereocenters. The molecule has 0 radical (unpaired) electrons. The van der Waals surface area contributed by atoms with Gasteiger partial charge in [-0.15, -0.1) is 11.8 Å².